The summed E-state index contributed by atoms with van der Waals surface area (Å²) in [6, 6.07) is 5.26. The van der Waals surface area contributed by atoms with Crippen molar-refractivity contribution in [3.05, 3.63) is 29.3 Å². The average molecular weight is 208 g/mol. The largest absolute Gasteiger partial charge is 0.508 e. The summed E-state index contributed by atoms with van der Waals surface area (Å²) in [5.41, 5.74) is 1.52. The molecular weight excluding hydrogens is 192 g/mol. The highest BCUT2D eigenvalue weighted by Crippen LogP contribution is 2.38. The second-order valence-electron chi connectivity index (χ2n) is 4.05. The van der Waals surface area contributed by atoms with E-state index in [9.17, 15) is 10.2 Å². The fourth-order valence-corrected chi connectivity index (χ4v) is 2.37. The van der Waals surface area contributed by atoms with Gasteiger partial charge in [0.05, 0.1) is 6.61 Å². The van der Waals surface area contributed by atoms with E-state index >= 15 is 0 Å². The molecule has 0 saturated carbocycles. The molecule has 0 amide bonds. The lowest BCUT2D eigenvalue weighted by atomic mass is 9.79. The predicted octanol–water partition coefficient (Wildman–Crippen LogP) is 1.56. The van der Waals surface area contributed by atoms with Gasteiger partial charge in [-0.3, -0.25) is 0 Å². The number of benzene rings is 1. The standard InChI is InChI=1S/C12H16O3/c1-15-12(8-13)6-2-3-9-7-10(14)4-5-11(9)12/h4-5,7,13-14H,2-3,6,8H2,1H3. The summed E-state index contributed by atoms with van der Waals surface area (Å²) >= 11 is 0. The number of fused-ring (bicyclic) bond motifs is 1. The van der Waals surface area contributed by atoms with Gasteiger partial charge in [0.1, 0.15) is 11.4 Å². The number of hydrogen-bond donors (Lipinski definition) is 2. The number of aryl methyl sites for hydroxylation is 1. The van der Waals surface area contributed by atoms with Crippen molar-refractivity contribution in [2.45, 2.75) is 24.9 Å². The summed E-state index contributed by atoms with van der Waals surface area (Å²) in [6.45, 7) is -0.0126. The number of phenols is 1. The molecule has 15 heavy (non-hydrogen) atoms. The van der Waals surface area contributed by atoms with E-state index in [0.717, 1.165) is 30.4 Å². The second-order valence-corrected chi connectivity index (χ2v) is 4.05. The minimum atomic E-state index is -0.568. The van der Waals surface area contributed by atoms with Gasteiger partial charge in [-0.15, -0.1) is 0 Å². The van der Waals surface area contributed by atoms with Crippen molar-refractivity contribution in [1.82, 2.24) is 0 Å². The van der Waals surface area contributed by atoms with E-state index in [2.05, 4.69) is 0 Å². The highest BCUT2D eigenvalue weighted by molar-refractivity contribution is 5.40. The maximum absolute atomic E-state index is 9.47. The van der Waals surface area contributed by atoms with Crippen LogP contribution in [0.2, 0.25) is 0 Å². The predicted molar refractivity (Wildman–Crippen MR) is 56.8 cm³/mol. The van der Waals surface area contributed by atoms with E-state index in [4.69, 9.17) is 4.74 Å². The van der Waals surface area contributed by atoms with Crippen LogP contribution in [0.25, 0.3) is 0 Å². The summed E-state index contributed by atoms with van der Waals surface area (Å²) in [7, 11) is 1.62. The van der Waals surface area contributed by atoms with E-state index in [1.807, 2.05) is 6.07 Å². The molecule has 0 fully saturated rings. The lowest BCUT2D eigenvalue weighted by Gasteiger charge is -2.36. The normalized spacial score (nSPS) is 24.9. The van der Waals surface area contributed by atoms with Gasteiger partial charge >= 0.3 is 0 Å². The first kappa shape index (κ1) is 10.5. The van der Waals surface area contributed by atoms with Gasteiger partial charge in [-0.2, -0.15) is 0 Å². The molecule has 1 aromatic carbocycles. The average Bonchev–Trinajstić information content (AvgIpc) is 2.27. The third kappa shape index (κ3) is 1.62. The molecule has 2 rings (SSSR count). The summed E-state index contributed by atoms with van der Waals surface area (Å²) in [6.07, 6.45) is 2.75. The van der Waals surface area contributed by atoms with Crippen LogP contribution in [0, 0.1) is 0 Å². The zero-order valence-corrected chi connectivity index (χ0v) is 8.86. The number of aliphatic hydroxyl groups is 1. The highest BCUT2D eigenvalue weighted by Gasteiger charge is 2.36. The zero-order valence-electron chi connectivity index (χ0n) is 8.86. The summed E-state index contributed by atoms with van der Waals surface area (Å²) in [5, 5.41) is 18.9. The number of aliphatic hydroxyl groups excluding tert-OH is 1. The zero-order chi connectivity index (χ0) is 10.9. The minimum absolute atomic E-state index is 0.0126. The van der Waals surface area contributed by atoms with Crippen molar-refractivity contribution in [1.29, 1.82) is 0 Å². The molecule has 0 spiro atoms. The monoisotopic (exact) mass is 208 g/mol. The van der Waals surface area contributed by atoms with E-state index in [0.29, 0.717) is 0 Å². The van der Waals surface area contributed by atoms with Crippen LogP contribution in [0.1, 0.15) is 24.0 Å². The molecule has 1 unspecified atom stereocenters. The van der Waals surface area contributed by atoms with Gasteiger partial charge in [0.2, 0.25) is 0 Å². The minimum Gasteiger partial charge on any atom is -0.508 e. The molecule has 0 saturated heterocycles. The Hall–Kier alpha value is -1.06. The van der Waals surface area contributed by atoms with Gasteiger partial charge in [-0.05, 0) is 42.5 Å². The van der Waals surface area contributed by atoms with Crippen LogP contribution in [-0.4, -0.2) is 23.9 Å². The SMILES string of the molecule is COC1(CO)CCCc2cc(O)ccc21. The maximum Gasteiger partial charge on any atom is 0.116 e. The summed E-state index contributed by atoms with van der Waals surface area (Å²) < 4.78 is 5.46. The Bertz CT molecular complexity index is 356. The molecule has 1 aliphatic rings. The highest BCUT2D eigenvalue weighted by atomic mass is 16.5. The van der Waals surface area contributed by atoms with Gasteiger partial charge in [-0.1, -0.05) is 6.07 Å². The molecule has 1 atom stereocenters. The number of rotatable bonds is 2. The fourth-order valence-electron chi connectivity index (χ4n) is 2.37. The Balaban J connectivity index is 2.50. The van der Waals surface area contributed by atoms with Crippen molar-refractivity contribution in [2.75, 3.05) is 13.7 Å². The third-order valence-electron chi connectivity index (χ3n) is 3.25. The quantitative estimate of drug-likeness (QED) is 0.775. The lowest BCUT2D eigenvalue weighted by Crippen LogP contribution is -2.36. The van der Waals surface area contributed by atoms with Gasteiger partial charge in [0, 0.05) is 7.11 Å². The van der Waals surface area contributed by atoms with Crippen LogP contribution in [0.3, 0.4) is 0 Å². The Morgan fingerprint density at radius 1 is 1.47 bits per heavy atom. The molecular formula is C12H16O3. The number of hydrogen-bond acceptors (Lipinski definition) is 3. The molecule has 0 aromatic heterocycles. The number of ether oxygens (including phenoxy) is 1. The van der Waals surface area contributed by atoms with E-state index in [-0.39, 0.29) is 12.4 Å². The van der Waals surface area contributed by atoms with Gasteiger partial charge < -0.3 is 14.9 Å². The molecule has 0 radical (unpaired) electrons. The first-order valence-electron chi connectivity index (χ1n) is 5.20. The Kier molecular flexibility index (Phi) is 2.67. The van der Waals surface area contributed by atoms with Crippen molar-refractivity contribution < 1.29 is 14.9 Å². The van der Waals surface area contributed by atoms with Gasteiger partial charge in [0.15, 0.2) is 0 Å². The van der Waals surface area contributed by atoms with Crippen molar-refractivity contribution in [2.24, 2.45) is 0 Å². The van der Waals surface area contributed by atoms with Crippen LogP contribution in [0.5, 0.6) is 5.75 Å². The Morgan fingerprint density at radius 2 is 2.27 bits per heavy atom. The Labute approximate surface area is 89.3 Å². The van der Waals surface area contributed by atoms with Gasteiger partial charge in [-0.25, -0.2) is 0 Å². The molecule has 3 heteroatoms. The lowest BCUT2D eigenvalue weighted by molar-refractivity contribution is -0.0688. The fraction of sp³-hybridized carbons (Fsp3) is 0.500. The number of aromatic hydroxyl groups is 1. The molecule has 3 nitrogen and oxygen atoms in total. The van der Waals surface area contributed by atoms with Crippen LogP contribution < -0.4 is 0 Å². The van der Waals surface area contributed by atoms with Crippen molar-refractivity contribution in [3.8, 4) is 5.75 Å². The second kappa shape index (κ2) is 3.83. The van der Waals surface area contributed by atoms with Crippen LogP contribution in [-0.2, 0) is 16.8 Å². The van der Waals surface area contributed by atoms with Crippen molar-refractivity contribution in [3.63, 3.8) is 0 Å². The summed E-state index contributed by atoms with van der Waals surface area (Å²) in [4.78, 5) is 0. The van der Waals surface area contributed by atoms with Crippen LogP contribution in [0.15, 0.2) is 18.2 Å². The first-order chi connectivity index (χ1) is 7.22. The third-order valence-corrected chi connectivity index (χ3v) is 3.25. The number of methoxy groups -OCH3 is 1. The van der Waals surface area contributed by atoms with Crippen LogP contribution in [0.4, 0.5) is 0 Å². The van der Waals surface area contributed by atoms with E-state index in [1.54, 1.807) is 19.2 Å². The molecule has 0 aliphatic heterocycles. The van der Waals surface area contributed by atoms with E-state index in [1.165, 1.54) is 0 Å². The molecule has 82 valence electrons. The van der Waals surface area contributed by atoms with E-state index < -0.39 is 5.60 Å². The maximum atomic E-state index is 9.47. The molecule has 1 aromatic rings. The van der Waals surface area contributed by atoms with Gasteiger partial charge in [0.25, 0.3) is 0 Å². The summed E-state index contributed by atoms with van der Waals surface area (Å²) in [5.74, 6) is 0.276. The topological polar surface area (TPSA) is 49.7 Å². The van der Waals surface area contributed by atoms with Crippen molar-refractivity contribution >= 4 is 0 Å². The molecule has 0 heterocycles. The van der Waals surface area contributed by atoms with Crippen LogP contribution >= 0.6 is 0 Å². The Morgan fingerprint density at radius 3 is 2.93 bits per heavy atom. The molecule has 1 aliphatic carbocycles. The number of phenolic OH excluding ortho intramolecular Hbond substituents is 1. The first-order valence-corrected chi connectivity index (χ1v) is 5.20. The molecule has 2 N–H and O–H groups in total. The molecule has 0 bridgehead atoms. The smallest absolute Gasteiger partial charge is 0.116 e.